The number of H-pyrrole nitrogens is 1. The quantitative estimate of drug-likeness (QED) is 0.755. The van der Waals surface area contributed by atoms with Crippen LogP contribution in [0.2, 0.25) is 0 Å². The van der Waals surface area contributed by atoms with Gasteiger partial charge in [-0.1, -0.05) is 11.2 Å². The number of aryl methyl sites for hydroxylation is 2. The Balaban J connectivity index is 2.05. The number of hydrogen-bond acceptors (Lipinski definition) is 5. The van der Waals surface area contributed by atoms with Crippen LogP contribution in [0.1, 0.15) is 11.4 Å². The highest BCUT2D eigenvalue weighted by molar-refractivity contribution is 5.97. The largest absolute Gasteiger partial charge is 0.453 e. The van der Waals surface area contributed by atoms with E-state index in [1.54, 1.807) is 0 Å². The van der Waals surface area contributed by atoms with Gasteiger partial charge in [-0.05, 0) is 31.5 Å². The maximum atomic E-state index is 11.2. The average molecular weight is 286 g/mol. The number of amides is 1. The van der Waals surface area contributed by atoms with E-state index in [0.29, 0.717) is 16.8 Å². The monoisotopic (exact) mass is 286 g/mol. The van der Waals surface area contributed by atoms with Crippen LogP contribution in [0.5, 0.6) is 0 Å². The second-order valence-corrected chi connectivity index (χ2v) is 4.67. The molecule has 0 aliphatic carbocycles. The molecule has 0 bridgehead atoms. The number of carbonyl (C=O) groups excluding carboxylic acids is 1. The summed E-state index contributed by atoms with van der Waals surface area (Å²) in [6.07, 6.45) is -0.587. The molecule has 0 aliphatic heterocycles. The molecule has 0 spiro atoms. The van der Waals surface area contributed by atoms with Crippen LogP contribution in [-0.2, 0) is 4.74 Å². The lowest BCUT2D eigenvalue weighted by Crippen LogP contribution is -2.11. The van der Waals surface area contributed by atoms with Crippen LogP contribution in [0.25, 0.3) is 22.1 Å². The van der Waals surface area contributed by atoms with Crippen molar-refractivity contribution in [1.82, 2.24) is 15.4 Å². The van der Waals surface area contributed by atoms with E-state index in [4.69, 9.17) is 4.52 Å². The van der Waals surface area contributed by atoms with E-state index in [1.165, 1.54) is 7.11 Å². The first-order valence-corrected chi connectivity index (χ1v) is 6.36. The first kappa shape index (κ1) is 13.2. The Morgan fingerprint density at radius 1 is 1.38 bits per heavy atom. The number of anilines is 1. The van der Waals surface area contributed by atoms with Crippen molar-refractivity contribution < 1.29 is 14.1 Å². The van der Waals surface area contributed by atoms with Gasteiger partial charge < -0.3 is 9.26 Å². The summed E-state index contributed by atoms with van der Waals surface area (Å²) in [6.45, 7) is 3.90. The highest BCUT2D eigenvalue weighted by Gasteiger charge is 2.14. The highest BCUT2D eigenvalue weighted by atomic mass is 16.5. The van der Waals surface area contributed by atoms with Gasteiger partial charge in [0.2, 0.25) is 0 Å². The minimum absolute atomic E-state index is 0.337. The van der Waals surface area contributed by atoms with Crippen LogP contribution >= 0.6 is 0 Å². The molecule has 0 fully saturated rings. The third kappa shape index (κ3) is 2.22. The number of carbonyl (C=O) groups is 1. The summed E-state index contributed by atoms with van der Waals surface area (Å²) in [7, 11) is 1.29. The zero-order chi connectivity index (χ0) is 15.0. The van der Waals surface area contributed by atoms with Crippen molar-refractivity contribution in [2.75, 3.05) is 12.4 Å². The topological polar surface area (TPSA) is 93.0 Å². The first-order chi connectivity index (χ1) is 10.1. The molecule has 0 saturated carbocycles. The van der Waals surface area contributed by atoms with Crippen molar-refractivity contribution in [1.29, 1.82) is 0 Å². The fourth-order valence-electron chi connectivity index (χ4n) is 2.31. The number of aromatic amines is 1. The molecule has 21 heavy (non-hydrogen) atoms. The predicted octanol–water partition coefficient (Wildman–Crippen LogP) is 3.01. The van der Waals surface area contributed by atoms with Gasteiger partial charge >= 0.3 is 6.09 Å². The van der Waals surface area contributed by atoms with E-state index in [1.807, 2.05) is 32.0 Å². The number of nitrogens with zero attached hydrogens (tertiary/aromatic N) is 2. The molecular weight excluding hydrogens is 272 g/mol. The van der Waals surface area contributed by atoms with Crippen LogP contribution in [0.3, 0.4) is 0 Å². The van der Waals surface area contributed by atoms with Crippen molar-refractivity contribution in [3.05, 3.63) is 29.6 Å². The number of hydrogen-bond donors (Lipinski definition) is 2. The maximum absolute atomic E-state index is 11.2. The maximum Gasteiger partial charge on any atom is 0.412 e. The Bertz CT molecular complexity index is 799. The third-order valence-electron chi connectivity index (χ3n) is 3.29. The first-order valence-electron chi connectivity index (χ1n) is 6.36. The van der Waals surface area contributed by atoms with Crippen molar-refractivity contribution >= 4 is 22.9 Å². The molecule has 2 heterocycles. The number of fused-ring (bicyclic) bond motifs is 1. The van der Waals surface area contributed by atoms with Crippen molar-refractivity contribution in [2.24, 2.45) is 0 Å². The zero-order valence-electron chi connectivity index (χ0n) is 11.9. The minimum Gasteiger partial charge on any atom is -0.453 e. The molecular formula is C14H14N4O3. The number of nitrogens with one attached hydrogen (secondary N) is 2. The van der Waals surface area contributed by atoms with Gasteiger partial charge in [0.15, 0.2) is 11.4 Å². The van der Waals surface area contributed by atoms with Gasteiger partial charge in [0.25, 0.3) is 0 Å². The number of aromatic nitrogens is 3. The van der Waals surface area contributed by atoms with Crippen molar-refractivity contribution in [2.45, 2.75) is 13.8 Å². The summed E-state index contributed by atoms with van der Waals surface area (Å²) >= 11 is 0. The Labute approximate surface area is 120 Å². The third-order valence-corrected chi connectivity index (χ3v) is 3.29. The fourth-order valence-corrected chi connectivity index (χ4v) is 2.31. The standard InChI is InChI=1S/C14H14N4O3/c1-7-12(8(2)17-16-7)9-4-5-10-11(6-9)21-18-13(10)15-14(19)20-3/h4-6H,1-3H3,(H,16,17)(H,15,18,19). The van der Waals surface area contributed by atoms with Gasteiger partial charge in [0.1, 0.15) is 0 Å². The van der Waals surface area contributed by atoms with E-state index in [-0.39, 0.29) is 0 Å². The molecule has 108 valence electrons. The molecule has 1 amide bonds. The Kier molecular flexibility index (Phi) is 3.09. The molecule has 1 aromatic carbocycles. The summed E-state index contributed by atoms with van der Waals surface area (Å²) in [5.74, 6) is 0.337. The molecule has 7 heteroatoms. The van der Waals surface area contributed by atoms with Crippen molar-refractivity contribution in [3.63, 3.8) is 0 Å². The van der Waals surface area contributed by atoms with Gasteiger partial charge in [0.05, 0.1) is 18.2 Å². The molecule has 0 unspecified atom stereocenters. The van der Waals surface area contributed by atoms with Gasteiger partial charge in [-0.15, -0.1) is 0 Å². The van der Waals surface area contributed by atoms with Gasteiger partial charge in [0, 0.05) is 11.3 Å². The number of methoxy groups -OCH3 is 1. The van der Waals surface area contributed by atoms with E-state index in [9.17, 15) is 4.79 Å². The number of benzene rings is 1. The minimum atomic E-state index is -0.587. The molecule has 3 rings (SSSR count). The molecule has 0 atom stereocenters. The van der Waals surface area contributed by atoms with Crippen LogP contribution in [-0.4, -0.2) is 28.6 Å². The van der Waals surface area contributed by atoms with Gasteiger partial charge in [-0.25, -0.2) is 4.79 Å². The van der Waals surface area contributed by atoms with Crippen LogP contribution in [0.15, 0.2) is 22.7 Å². The Morgan fingerprint density at radius 2 is 2.19 bits per heavy atom. The number of rotatable bonds is 2. The fraction of sp³-hybridized carbons (Fsp3) is 0.214. The molecule has 7 nitrogen and oxygen atoms in total. The lowest BCUT2D eigenvalue weighted by atomic mass is 10.0. The molecule has 0 aliphatic rings. The normalized spacial score (nSPS) is 10.8. The van der Waals surface area contributed by atoms with Crippen LogP contribution in [0, 0.1) is 13.8 Å². The predicted molar refractivity (Wildman–Crippen MR) is 77.1 cm³/mol. The average Bonchev–Trinajstić information content (AvgIpc) is 3.02. The molecule has 2 aromatic heterocycles. The Hall–Kier alpha value is -2.83. The molecule has 2 N–H and O–H groups in total. The summed E-state index contributed by atoms with van der Waals surface area (Å²) in [6, 6.07) is 5.65. The molecule has 0 saturated heterocycles. The Morgan fingerprint density at radius 3 is 2.86 bits per heavy atom. The molecule has 3 aromatic rings. The van der Waals surface area contributed by atoms with Crippen molar-refractivity contribution in [3.8, 4) is 11.1 Å². The SMILES string of the molecule is COC(=O)Nc1noc2cc(-c3c(C)n[nH]c3C)ccc12. The molecule has 0 radical (unpaired) electrons. The van der Waals surface area contributed by atoms with E-state index in [2.05, 4.69) is 25.4 Å². The summed E-state index contributed by atoms with van der Waals surface area (Å²) in [5.41, 5.74) is 4.50. The summed E-state index contributed by atoms with van der Waals surface area (Å²) in [5, 5.41) is 14.2. The van der Waals surface area contributed by atoms with Crippen LogP contribution in [0.4, 0.5) is 10.6 Å². The smallest absolute Gasteiger partial charge is 0.412 e. The summed E-state index contributed by atoms with van der Waals surface area (Å²) in [4.78, 5) is 11.2. The van der Waals surface area contributed by atoms with E-state index >= 15 is 0 Å². The second kappa shape index (κ2) is 4.93. The van der Waals surface area contributed by atoms with E-state index < -0.39 is 6.09 Å². The van der Waals surface area contributed by atoms with E-state index in [0.717, 1.165) is 22.5 Å². The zero-order valence-corrected chi connectivity index (χ0v) is 11.9. The second-order valence-electron chi connectivity index (χ2n) is 4.67. The lowest BCUT2D eigenvalue weighted by Gasteiger charge is -2.02. The van der Waals surface area contributed by atoms with Crippen LogP contribution < -0.4 is 5.32 Å². The highest BCUT2D eigenvalue weighted by Crippen LogP contribution is 2.31. The lowest BCUT2D eigenvalue weighted by molar-refractivity contribution is 0.186. The number of ether oxygens (including phenoxy) is 1. The van der Waals surface area contributed by atoms with Gasteiger partial charge in [-0.3, -0.25) is 10.4 Å². The van der Waals surface area contributed by atoms with Gasteiger partial charge in [-0.2, -0.15) is 5.10 Å². The summed E-state index contributed by atoms with van der Waals surface area (Å²) < 4.78 is 9.80.